The van der Waals surface area contributed by atoms with E-state index in [0.29, 0.717) is 33.2 Å². The number of nitrogens with one attached hydrogen (secondary N) is 1. The Labute approximate surface area is 183 Å². The summed E-state index contributed by atoms with van der Waals surface area (Å²) in [6.07, 6.45) is 0. The summed E-state index contributed by atoms with van der Waals surface area (Å²) in [4.78, 5) is 41.9. The standard InChI is InChI=1S/C22H22ClN3O3S/c1-14(2)12-26-21(29)17-10-16(23)8-9-18(17)25-22(26)30-13-20(28)24-11-19(27)15-6-4-3-5-7-15/h3-10,14H,11-13H2,1-2H3,(H,24,28). The third-order valence-corrected chi connectivity index (χ3v) is 5.51. The van der Waals surface area contributed by atoms with Gasteiger partial charge in [-0.25, -0.2) is 4.98 Å². The molecule has 0 saturated heterocycles. The highest BCUT2D eigenvalue weighted by molar-refractivity contribution is 7.99. The van der Waals surface area contributed by atoms with Crippen molar-refractivity contribution in [2.24, 2.45) is 5.92 Å². The van der Waals surface area contributed by atoms with E-state index in [4.69, 9.17) is 11.6 Å². The van der Waals surface area contributed by atoms with Crippen LogP contribution in [0.4, 0.5) is 0 Å². The number of Topliss-reactive ketones (excluding diaryl/α,β-unsaturated/α-hetero) is 1. The molecule has 8 heteroatoms. The van der Waals surface area contributed by atoms with Crippen molar-refractivity contribution in [1.29, 1.82) is 0 Å². The summed E-state index contributed by atoms with van der Waals surface area (Å²) in [5.74, 6) is -0.193. The number of nitrogens with zero attached hydrogens (tertiary/aromatic N) is 2. The van der Waals surface area contributed by atoms with Crippen LogP contribution in [0.2, 0.25) is 5.02 Å². The largest absolute Gasteiger partial charge is 0.348 e. The third-order valence-electron chi connectivity index (χ3n) is 4.30. The summed E-state index contributed by atoms with van der Waals surface area (Å²) < 4.78 is 1.58. The molecule has 156 valence electrons. The van der Waals surface area contributed by atoms with Crippen LogP contribution in [0.3, 0.4) is 0 Å². The number of carbonyl (C=O) groups excluding carboxylic acids is 2. The van der Waals surface area contributed by atoms with Gasteiger partial charge in [-0.05, 0) is 24.1 Å². The predicted octanol–water partition coefficient (Wildman–Crippen LogP) is 3.80. The fraction of sp³-hybridized carbons (Fsp3) is 0.273. The molecule has 0 saturated carbocycles. The number of ketones is 1. The number of thioether (sulfide) groups is 1. The van der Waals surface area contributed by atoms with E-state index in [-0.39, 0.29) is 35.5 Å². The van der Waals surface area contributed by atoms with Crippen LogP contribution in [0.15, 0.2) is 58.5 Å². The van der Waals surface area contributed by atoms with Crippen LogP contribution in [0, 0.1) is 5.92 Å². The predicted molar refractivity (Wildman–Crippen MR) is 120 cm³/mol. The highest BCUT2D eigenvalue weighted by Gasteiger charge is 2.15. The molecular weight excluding hydrogens is 422 g/mol. The van der Waals surface area contributed by atoms with Gasteiger partial charge in [0.05, 0.1) is 23.2 Å². The first-order valence-electron chi connectivity index (χ1n) is 9.53. The van der Waals surface area contributed by atoms with Gasteiger partial charge in [-0.3, -0.25) is 19.0 Å². The molecule has 2 aromatic carbocycles. The Kier molecular flexibility index (Phi) is 7.29. The molecule has 1 N–H and O–H groups in total. The fourth-order valence-electron chi connectivity index (χ4n) is 2.90. The zero-order chi connectivity index (χ0) is 21.7. The highest BCUT2D eigenvalue weighted by atomic mass is 35.5. The lowest BCUT2D eigenvalue weighted by Crippen LogP contribution is -2.31. The van der Waals surface area contributed by atoms with E-state index in [1.165, 1.54) is 11.8 Å². The molecule has 0 radical (unpaired) electrons. The molecular formula is C22H22ClN3O3S. The Hall–Kier alpha value is -2.64. The second kappa shape index (κ2) is 9.91. The number of carbonyl (C=O) groups is 2. The zero-order valence-corrected chi connectivity index (χ0v) is 18.3. The molecule has 3 rings (SSSR count). The van der Waals surface area contributed by atoms with E-state index in [1.54, 1.807) is 47.0 Å². The normalized spacial score (nSPS) is 11.1. The van der Waals surface area contributed by atoms with Gasteiger partial charge in [-0.2, -0.15) is 0 Å². The lowest BCUT2D eigenvalue weighted by Gasteiger charge is -2.15. The molecule has 0 atom stereocenters. The number of rotatable bonds is 8. The SMILES string of the molecule is CC(C)Cn1c(SCC(=O)NCC(=O)c2ccccc2)nc2ccc(Cl)cc2c1=O. The molecule has 0 fully saturated rings. The number of aromatic nitrogens is 2. The van der Waals surface area contributed by atoms with Gasteiger partial charge in [0.1, 0.15) is 0 Å². The average Bonchev–Trinajstić information content (AvgIpc) is 2.73. The van der Waals surface area contributed by atoms with Crippen molar-refractivity contribution in [3.8, 4) is 0 Å². The molecule has 0 aliphatic carbocycles. The second-order valence-corrected chi connectivity index (χ2v) is 8.60. The number of hydrogen-bond donors (Lipinski definition) is 1. The van der Waals surface area contributed by atoms with Crippen molar-refractivity contribution in [1.82, 2.24) is 14.9 Å². The van der Waals surface area contributed by atoms with Crippen molar-refractivity contribution in [2.45, 2.75) is 25.5 Å². The van der Waals surface area contributed by atoms with E-state index in [9.17, 15) is 14.4 Å². The quantitative estimate of drug-likeness (QED) is 0.325. The minimum absolute atomic E-state index is 0.0473. The Bertz CT molecular complexity index is 1130. The van der Waals surface area contributed by atoms with Gasteiger partial charge < -0.3 is 5.32 Å². The van der Waals surface area contributed by atoms with Crippen LogP contribution in [-0.2, 0) is 11.3 Å². The number of amides is 1. The maximum absolute atomic E-state index is 13.0. The van der Waals surface area contributed by atoms with Crippen LogP contribution in [0.1, 0.15) is 24.2 Å². The summed E-state index contributed by atoms with van der Waals surface area (Å²) in [5, 5.41) is 4.02. The highest BCUT2D eigenvalue weighted by Crippen LogP contribution is 2.21. The number of hydrogen-bond acceptors (Lipinski definition) is 5. The topological polar surface area (TPSA) is 81.1 Å². The lowest BCUT2D eigenvalue weighted by molar-refractivity contribution is -0.118. The molecule has 1 heterocycles. The molecule has 6 nitrogen and oxygen atoms in total. The van der Waals surface area contributed by atoms with Gasteiger partial charge in [0.25, 0.3) is 5.56 Å². The molecule has 0 bridgehead atoms. The summed E-state index contributed by atoms with van der Waals surface area (Å²) in [6.45, 7) is 4.41. The van der Waals surface area contributed by atoms with Crippen molar-refractivity contribution < 1.29 is 9.59 Å². The Morgan fingerprint density at radius 2 is 1.90 bits per heavy atom. The lowest BCUT2D eigenvalue weighted by atomic mass is 10.1. The number of fused-ring (bicyclic) bond motifs is 1. The smallest absolute Gasteiger partial charge is 0.262 e. The van der Waals surface area contributed by atoms with Crippen LogP contribution in [0.25, 0.3) is 10.9 Å². The Morgan fingerprint density at radius 1 is 1.17 bits per heavy atom. The summed E-state index contributed by atoms with van der Waals surface area (Å²) in [7, 11) is 0. The molecule has 0 aliphatic rings. The monoisotopic (exact) mass is 443 g/mol. The molecule has 1 aromatic heterocycles. The van der Waals surface area contributed by atoms with Crippen molar-refractivity contribution in [3.63, 3.8) is 0 Å². The van der Waals surface area contributed by atoms with E-state index in [2.05, 4.69) is 10.3 Å². The van der Waals surface area contributed by atoms with Crippen molar-refractivity contribution in [3.05, 3.63) is 69.5 Å². The van der Waals surface area contributed by atoms with Crippen LogP contribution in [0.5, 0.6) is 0 Å². The van der Waals surface area contributed by atoms with E-state index in [0.717, 1.165) is 0 Å². The van der Waals surface area contributed by atoms with Gasteiger partial charge in [0.2, 0.25) is 5.91 Å². The summed E-state index contributed by atoms with van der Waals surface area (Å²) >= 11 is 7.21. The van der Waals surface area contributed by atoms with Crippen LogP contribution >= 0.6 is 23.4 Å². The first-order valence-corrected chi connectivity index (χ1v) is 10.9. The Morgan fingerprint density at radius 3 is 2.60 bits per heavy atom. The summed E-state index contributed by atoms with van der Waals surface area (Å²) in [6, 6.07) is 13.8. The zero-order valence-electron chi connectivity index (χ0n) is 16.7. The van der Waals surface area contributed by atoms with Gasteiger partial charge in [0.15, 0.2) is 10.9 Å². The molecule has 1 amide bonds. The van der Waals surface area contributed by atoms with E-state index in [1.807, 2.05) is 19.9 Å². The van der Waals surface area contributed by atoms with Gasteiger partial charge in [-0.1, -0.05) is 67.5 Å². The summed E-state index contributed by atoms with van der Waals surface area (Å²) in [5.41, 5.74) is 0.899. The van der Waals surface area contributed by atoms with E-state index < -0.39 is 0 Å². The first-order chi connectivity index (χ1) is 14.3. The average molecular weight is 444 g/mol. The fourth-order valence-corrected chi connectivity index (χ4v) is 3.91. The van der Waals surface area contributed by atoms with Crippen LogP contribution < -0.4 is 10.9 Å². The molecule has 3 aromatic rings. The van der Waals surface area contributed by atoms with Gasteiger partial charge >= 0.3 is 0 Å². The molecule has 0 unspecified atom stereocenters. The van der Waals surface area contributed by atoms with Crippen LogP contribution in [-0.4, -0.2) is 33.5 Å². The van der Waals surface area contributed by atoms with Crippen molar-refractivity contribution >= 4 is 46.0 Å². The molecule has 0 spiro atoms. The van der Waals surface area contributed by atoms with Gasteiger partial charge in [0, 0.05) is 17.1 Å². The number of benzene rings is 2. The minimum atomic E-state index is -0.300. The first kappa shape index (κ1) is 22.1. The molecule has 30 heavy (non-hydrogen) atoms. The number of halogens is 1. The third kappa shape index (κ3) is 5.49. The Balaban J connectivity index is 1.73. The van der Waals surface area contributed by atoms with E-state index >= 15 is 0 Å². The maximum atomic E-state index is 13.0. The second-order valence-electron chi connectivity index (χ2n) is 7.22. The van der Waals surface area contributed by atoms with Gasteiger partial charge in [-0.15, -0.1) is 0 Å². The maximum Gasteiger partial charge on any atom is 0.262 e. The molecule has 0 aliphatic heterocycles. The van der Waals surface area contributed by atoms with Crippen molar-refractivity contribution in [2.75, 3.05) is 12.3 Å². The minimum Gasteiger partial charge on any atom is -0.348 e.